The fourth-order valence-corrected chi connectivity index (χ4v) is 3.99. The molecule has 0 saturated heterocycles. The zero-order valence-electron chi connectivity index (χ0n) is 18.6. The van der Waals surface area contributed by atoms with Gasteiger partial charge in [0.2, 0.25) is 0 Å². The van der Waals surface area contributed by atoms with E-state index in [2.05, 4.69) is 41.2 Å². The molecule has 0 aromatic heterocycles. The van der Waals surface area contributed by atoms with E-state index in [0.717, 1.165) is 12.8 Å². The Morgan fingerprint density at radius 2 is 1.92 bits per heavy atom. The molecule has 0 aromatic carbocycles. The maximum Gasteiger partial charge on any atom is 0.136 e. The number of Topliss-reactive ketones (excluding diaryl/α,β-unsaturated/α-hetero) is 1. The van der Waals surface area contributed by atoms with Gasteiger partial charge in [0.1, 0.15) is 5.78 Å². The van der Waals surface area contributed by atoms with Gasteiger partial charge in [0.25, 0.3) is 0 Å². The number of hydrogen-bond donors (Lipinski definition) is 0. The monoisotopic (exact) mass is 366 g/mol. The van der Waals surface area contributed by atoms with Gasteiger partial charge in [-0.15, -0.1) is 6.58 Å². The summed E-state index contributed by atoms with van der Waals surface area (Å²) in [5, 5.41) is 0. The summed E-state index contributed by atoms with van der Waals surface area (Å²) in [5.41, 5.74) is 0.340. The first-order chi connectivity index (χ1) is 12.3. The first kappa shape index (κ1) is 25.4. The van der Waals surface area contributed by atoms with Crippen molar-refractivity contribution in [3.63, 3.8) is 0 Å². The van der Waals surface area contributed by atoms with E-state index in [1.807, 2.05) is 13.2 Å². The second-order valence-electron chi connectivity index (χ2n) is 8.71. The number of methoxy groups -OCH3 is 1. The average molecular weight is 367 g/mol. The van der Waals surface area contributed by atoms with E-state index >= 15 is 0 Å². The first-order valence-electron chi connectivity index (χ1n) is 11.0. The van der Waals surface area contributed by atoms with E-state index in [-0.39, 0.29) is 0 Å². The van der Waals surface area contributed by atoms with Crippen molar-refractivity contribution in [1.82, 2.24) is 0 Å². The first-order valence-corrected chi connectivity index (χ1v) is 11.0. The second-order valence-corrected chi connectivity index (χ2v) is 8.71. The van der Waals surface area contributed by atoms with Gasteiger partial charge in [-0.3, -0.25) is 4.79 Å². The molecule has 0 spiro atoms. The van der Waals surface area contributed by atoms with Crippen LogP contribution in [-0.4, -0.2) is 19.0 Å². The highest BCUT2D eigenvalue weighted by Gasteiger charge is 2.38. The van der Waals surface area contributed by atoms with Crippen molar-refractivity contribution >= 4 is 5.78 Å². The van der Waals surface area contributed by atoms with Crippen molar-refractivity contribution in [2.24, 2.45) is 17.3 Å². The predicted molar refractivity (Wildman–Crippen MR) is 115 cm³/mol. The number of unbranched alkanes of at least 4 members (excludes halogenated alkanes) is 2. The molecule has 0 radical (unpaired) electrons. The van der Waals surface area contributed by atoms with Gasteiger partial charge in [-0.2, -0.15) is 0 Å². The topological polar surface area (TPSA) is 26.3 Å². The summed E-state index contributed by atoms with van der Waals surface area (Å²) < 4.78 is 5.34. The average Bonchev–Trinajstić information content (AvgIpc) is 2.62. The molecule has 0 N–H and O–H groups in total. The maximum atomic E-state index is 12.0. The Morgan fingerprint density at radius 3 is 2.46 bits per heavy atom. The van der Waals surface area contributed by atoms with Crippen LogP contribution in [-0.2, 0) is 9.53 Å². The predicted octanol–water partition coefficient (Wildman–Crippen LogP) is 7.37. The minimum atomic E-state index is 0.300. The van der Waals surface area contributed by atoms with Gasteiger partial charge in [0.05, 0.1) is 6.10 Å². The molecular weight excluding hydrogens is 320 g/mol. The normalized spacial score (nSPS) is 22.8. The lowest BCUT2D eigenvalue weighted by Gasteiger charge is -2.41. The number of rotatable bonds is 11. The summed E-state index contributed by atoms with van der Waals surface area (Å²) in [6.07, 6.45) is 15.2. The number of ketones is 1. The van der Waals surface area contributed by atoms with E-state index < -0.39 is 0 Å². The van der Waals surface area contributed by atoms with Crippen LogP contribution in [0.5, 0.6) is 0 Å². The molecule has 2 heteroatoms. The smallest absolute Gasteiger partial charge is 0.136 e. The molecule has 2 nitrogen and oxygen atoms in total. The van der Waals surface area contributed by atoms with E-state index in [1.165, 1.54) is 51.4 Å². The molecule has 1 aliphatic rings. The van der Waals surface area contributed by atoms with Crippen molar-refractivity contribution in [2.45, 2.75) is 111 Å². The van der Waals surface area contributed by atoms with Crippen LogP contribution in [0.3, 0.4) is 0 Å². The molecule has 26 heavy (non-hydrogen) atoms. The quantitative estimate of drug-likeness (QED) is 0.282. The Balaban J connectivity index is 0.000000508. The van der Waals surface area contributed by atoms with Gasteiger partial charge >= 0.3 is 0 Å². The minimum Gasteiger partial charge on any atom is -0.381 e. The maximum absolute atomic E-state index is 12.0. The van der Waals surface area contributed by atoms with Gasteiger partial charge in [-0.25, -0.2) is 0 Å². The van der Waals surface area contributed by atoms with Crippen LogP contribution in [0.15, 0.2) is 12.7 Å². The summed E-state index contributed by atoms with van der Waals surface area (Å²) in [7, 11) is 1.83. The molecule has 154 valence electrons. The van der Waals surface area contributed by atoms with Crippen LogP contribution in [0.4, 0.5) is 0 Å². The molecule has 3 atom stereocenters. The standard InChI is InChI=1S/C14H24O.C10H22O/c1-5-6-9-13(15)12-8-7-10-14(3,4)11(12)2;1-4-6-7-9-10(11-3)8-5-2/h5,11-12H,1,6-10H2,2-4H3;10H,4-9H2,1-3H3. The van der Waals surface area contributed by atoms with Crippen molar-refractivity contribution < 1.29 is 9.53 Å². The SMILES string of the molecule is C=CCCC(=O)C1CCCC(C)(C)C1C.CCCCCC(CCC)OC. The summed E-state index contributed by atoms with van der Waals surface area (Å²) in [5.74, 6) is 1.28. The third-order valence-electron chi connectivity index (χ3n) is 6.25. The molecule has 1 saturated carbocycles. The third kappa shape index (κ3) is 9.90. The Morgan fingerprint density at radius 1 is 1.23 bits per heavy atom. The summed E-state index contributed by atoms with van der Waals surface area (Å²) in [4.78, 5) is 12.0. The number of ether oxygens (including phenoxy) is 1. The molecule has 1 rings (SSSR count). The third-order valence-corrected chi connectivity index (χ3v) is 6.25. The van der Waals surface area contributed by atoms with Gasteiger partial charge < -0.3 is 4.74 Å². The van der Waals surface area contributed by atoms with Gasteiger partial charge in [0.15, 0.2) is 0 Å². The van der Waals surface area contributed by atoms with Crippen LogP contribution in [0.1, 0.15) is 105 Å². The number of hydrogen-bond acceptors (Lipinski definition) is 2. The van der Waals surface area contributed by atoms with E-state index in [0.29, 0.717) is 35.6 Å². The van der Waals surface area contributed by atoms with Crippen LogP contribution >= 0.6 is 0 Å². The largest absolute Gasteiger partial charge is 0.381 e. The second kappa shape index (κ2) is 14.4. The molecule has 1 aliphatic carbocycles. The molecule has 0 heterocycles. The lowest BCUT2D eigenvalue weighted by Crippen LogP contribution is -2.36. The van der Waals surface area contributed by atoms with Crippen LogP contribution < -0.4 is 0 Å². The Kier molecular flexibility index (Phi) is 14.1. The molecule has 0 aromatic rings. The summed E-state index contributed by atoms with van der Waals surface area (Å²) in [6, 6.07) is 0. The van der Waals surface area contributed by atoms with E-state index in [1.54, 1.807) is 0 Å². The Hall–Kier alpha value is -0.630. The molecular formula is C24H46O2. The zero-order valence-corrected chi connectivity index (χ0v) is 18.6. The van der Waals surface area contributed by atoms with E-state index in [9.17, 15) is 4.79 Å². The number of allylic oxidation sites excluding steroid dienone is 1. The van der Waals surface area contributed by atoms with Crippen molar-refractivity contribution in [2.75, 3.05) is 7.11 Å². The summed E-state index contributed by atoms with van der Waals surface area (Å²) in [6.45, 7) is 15.0. The van der Waals surface area contributed by atoms with Crippen LogP contribution in [0.2, 0.25) is 0 Å². The van der Waals surface area contributed by atoms with Gasteiger partial charge in [-0.05, 0) is 43.4 Å². The number of carbonyl (C=O) groups excluding carboxylic acids is 1. The zero-order chi connectivity index (χ0) is 20.0. The van der Waals surface area contributed by atoms with Crippen LogP contribution in [0, 0.1) is 17.3 Å². The van der Waals surface area contributed by atoms with Crippen molar-refractivity contribution in [3.05, 3.63) is 12.7 Å². The Labute approximate surface area is 164 Å². The molecule has 1 fully saturated rings. The molecule has 0 aliphatic heterocycles. The molecule has 0 bridgehead atoms. The molecule has 3 unspecified atom stereocenters. The number of carbonyl (C=O) groups is 1. The highest BCUT2D eigenvalue weighted by Crippen LogP contribution is 2.44. The summed E-state index contributed by atoms with van der Waals surface area (Å²) >= 11 is 0. The van der Waals surface area contributed by atoms with Gasteiger partial charge in [0, 0.05) is 19.4 Å². The highest BCUT2D eigenvalue weighted by molar-refractivity contribution is 5.81. The van der Waals surface area contributed by atoms with Crippen molar-refractivity contribution in [3.8, 4) is 0 Å². The van der Waals surface area contributed by atoms with E-state index in [4.69, 9.17) is 4.74 Å². The van der Waals surface area contributed by atoms with Gasteiger partial charge in [-0.1, -0.05) is 72.8 Å². The lowest BCUT2D eigenvalue weighted by molar-refractivity contribution is -0.127. The fourth-order valence-electron chi connectivity index (χ4n) is 3.99. The van der Waals surface area contributed by atoms with Crippen molar-refractivity contribution in [1.29, 1.82) is 0 Å². The highest BCUT2D eigenvalue weighted by atomic mass is 16.5. The van der Waals surface area contributed by atoms with Crippen LogP contribution in [0.25, 0.3) is 0 Å². The Bertz CT molecular complexity index is 372. The lowest BCUT2D eigenvalue weighted by atomic mass is 9.63. The minimum absolute atomic E-state index is 0.300. The molecule has 0 amide bonds. The fraction of sp³-hybridized carbons (Fsp3) is 0.875.